The van der Waals surface area contributed by atoms with E-state index in [1.54, 1.807) is 0 Å². The van der Waals surface area contributed by atoms with Crippen molar-refractivity contribution in [2.24, 2.45) is 0 Å². The molecule has 3 N–H and O–H groups in total. The Morgan fingerprint density at radius 1 is 1.14 bits per heavy atom. The molecule has 7 nitrogen and oxygen atoms in total. The first-order valence-corrected chi connectivity index (χ1v) is 3.61. The zero-order valence-electron chi connectivity index (χ0n) is 7.34. The van der Waals surface area contributed by atoms with Crippen molar-refractivity contribution in [3.63, 3.8) is 0 Å². The molecule has 7 heteroatoms. The summed E-state index contributed by atoms with van der Waals surface area (Å²) in [4.78, 5) is 25.4. The Morgan fingerprint density at radius 3 is 1.86 bits per heavy atom. The Kier molecular flexibility index (Phi) is 5.27. The molecule has 0 aromatic heterocycles. The van der Waals surface area contributed by atoms with Gasteiger partial charge in [-0.1, -0.05) is 6.58 Å². The van der Waals surface area contributed by atoms with Gasteiger partial charge in [-0.2, -0.15) is 0 Å². The fraction of sp³-hybridized carbons (Fsp3) is 0.429. The second-order valence-electron chi connectivity index (χ2n) is 2.56. The molecule has 0 saturated heterocycles. The van der Waals surface area contributed by atoms with E-state index < -0.39 is 25.0 Å². The summed E-state index contributed by atoms with van der Waals surface area (Å²) in [6, 6.07) is 0. The highest BCUT2D eigenvalue weighted by Crippen LogP contribution is 1.97. The van der Waals surface area contributed by atoms with Crippen molar-refractivity contribution in [2.75, 3.05) is 19.6 Å². The third-order valence-electron chi connectivity index (χ3n) is 1.25. The van der Waals surface area contributed by atoms with E-state index in [0.717, 1.165) is 4.90 Å². The number of hydrogen-bond acceptors (Lipinski definition) is 5. The van der Waals surface area contributed by atoms with Crippen LogP contribution < -0.4 is 0 Å². The molecule has 0 rings (SSSR count). The van der Waals surface area contributed by atoms with Gasteiger partial charge >= 0.3 is 11.9 Å². The Hall–Kier alpha value is -1.60. The fourth-order valence-electron chi connectivity index (χ4n) is 0.829. The molecule has 0 bridgehead atoms. The molecule has 0 fully saturated rings. The first-order chi connectivity index (χ1) is 6.45. The molecule has 0 radical (unpaired) electrons. The van der Waals surface area contributed by atoms with Crippen molar-refractivity contribution in [3.05, 3.63) is 12.3 Å². The van der Waals surface area contributed by atoms with Crippen LogP contribution in [0.15, 0.2) is 12.3 Å². The van der Waals surface area contributed by atoms with Crippen LogP contribution in [-0.2, 0) is 14.5 Å². The molecule has 0 aliphatic heterocycles. The standard InChI is InChI=1S/C7H11NO6/c1-5(14-13)2-8(3-6(9)10)4-7(11)12/h13H,1-4H2,(H,9,10)(H,11,12). The summed E-state index contributed by atoms with van der Waals surface area (Å²) in [6.07, 6.45) is 0. The summed E-state index contributed by atoms with van der Waals surface area (Å²) in [6.45, 7) is 2.14. The largest absolute Gasteiger partial charge is 0.480 e. The Labute approximate surface area is 79.7 Å². The van der Waals surface area contributed by atoms with E-state index in [4.69, 9.17) is 15.5 Å². The topological polar surface area (TPSA) is 107 Å². The highest BCUT2D eigenvalue weighted by Gasteiger charge is 2.14. The summed E-state index contributed by atoms with van der Waals surface area (Å²) in [7, 11) is 0. The first kappa shape index (κ1) is 12.4. The van der Waals surface area contributed by atoms with Gasteiger partial charge in [-0.3, -0.25) is 14.5 Å². The van der Waals surface area contributed by atoms with Crippen LogP contribution in [0.4, 0.5) is 0 Å². The molecule has 0 aromatic carbocycles. The zero-order chi connectivity index (χ0) is 11.1. The minimum absolute atomic E-state index is 0.118. The highest BCUT2D eigenvalue weighted by atomic mass is 17.1. The maximum Gasteiger partial charge on any atom is 0.317 e. The second-order valence-corrected chi connectivity index (χ2v) is 2.56. The number of carboxylic acids is 2. The van der Waals surface area contributed by atoms with Crippen molar-refractivity contribution in [1.29, 1.82) is 0 Å². The SMILES string of the molecule is C=C(CN(CC(=O)O)CC(=O)O)OO. The lowest BCUT2D eigenvalue weighted by Crippen LogP contribution is -2.36. The minimum atomic E-state index is -1.17. The maximum absolute atomic E-state index is 10.3. The lowest BCUT2D eigenvalue weighted by molar-refractivity contribution is -0.206. The summed E-state index contributed by atoms with van der Waals surface area (Å²) in [5.41, 5.74) is 0. The predicted molar refractivity (Wildman–Crippen MR) is 44.6 cm³/mol. The molecule has 0 heterocycles. The van der Waals surface area contributed by atoms with Gasteiger partial charge in [0, 0.05) is 0 Å². The monoisotopic (exact) mass is 205 g/mol. The molecule has 80 valence electrons. The molecule has 0 atom stereocenters. The van der Waals surface area contributed by atoms with E-state index in [2.05, 4.69) is 11.5 Å². The Morgan fingerprint density at radius 2 is 1.57 bits per heavy atom. The Bertz CT molecular complexity index is 222. The van der Waals surface area contributed by atoms with Gasteiger partial charge in [0.1, 0.15) is 5.76 Å². The van der Waals surface area contributed by atoms with Gasteiger partial charge in [0.05, 0.1) is 19.6 Å². The van der Waals surface area contributed by atoms with E-state index in [1.165, 1.54) is 0 Å². The van der Waals surface area contributed by atoms with Crippen LogP contribution in [0.2, 0.25) is 0 Å². The van der Waals surface area contributed by atoms with E-state index in [0.29, 0.717) is 0 Å². The first-order valence-electron chi connectivity index (χ1n) is 3.61. The van der Waals surface area contributed by atoms with Gasteiger partial charge in [0.15, 0.2) is 0 Å². The molecule has 0 spiro atoms. The van der Waals surface area contributed by atoms with Gasteiger partial charge in [0.2, 0.25) is 0 Å². The van der Waals surface area contributed by atoms with Crippen LogP contribution in [-0.4, -0.2) is 51.9 Å². The third kappa shape index (κ3) is 5.98. The van der Waals surface area contributed by atoms with Gasteiger partial charge in [-0.15, -0.1) is 0 Å². The fourth-order valence-corrected chi connectivity index (χ4v) is 0.829. The van der Waals surface area contributed by atoms with E-state index in [1.807, 2.05) is 0 Å². The van der Waals surface area contributed by atoms with Crippen molar-refractivity contribution in [1.82, 2.24) is 4.90 Å². The molecule has 0 amide bonds. The van der Waals surface area contributed by atoms with E-state index >= 15 is 0 Å². The van der Waals surface area contributed by atoms with E-state index in [-0.39, 0.29) is 12.3 Å². The molecule has 14 heavy (non-hydrogen) atoms. The highest BCUT2D eigenvalue weighted by molar-refractivity contribution is 5.72. The number of aliphatic carboxylic acids is 2. The number of carboxylic acid groups (broad SMARTS) is 2. The van der Waals surface area contributed by atoms with Crippen LogP contribution in [0, 0.1) is 0 Å². The predicted octanol–water partition coefficient (Wildman–Crippen LogP) is -0.539. The number of hydrogen-bond donors (Lipinski definition) is 3. The molecular weight excluding hydrogens is 194 g/mol. The van der Waals surface area contributed by atoms with Crippen molar-refractivity contribution >= 4 is 11.9 Å². The Balaban J connectivity index is 4.16. The molecule has 0 unspecified atom stereocenters. The van der Waals surface area contributed by atoms with Gasteiger partial charge in [0.25, 0.3) is 0 Å². The number of carbonyl (C=O) groups is 2. The molecule has 0 aliphatic rings. The molecule has 0 aliphatic carbocycles. The van der Waals surface area contributed by atoms with Crippen LogP contribution in [0.25, 0.3) is 0 Å². The molecule has 0 aromatic rings. The normalized spacial score (nSPS) is 9.86. The number of rotatable bonds is 7. The summed E-state index contributed by atoms with van der Waals surface area (Å²) >= 11 is 0. The summed E-state index contributed by atoms with van der Waals surface area (Å²) in [5.74, 6) is -2.46. The maximum atomic E-state index is 10.3. The van der Waals surface area contributed by atoms with Crippen molar-refractivity contribution in [3.8, 4) is 0 Å². The van der Waals surface area contributed by atoms with Crippen LogP contribution >= 0.6 is 0 Å². The minimum Gasteiger partial charge on any atom is -0.480 e. The third-order valence-corrected chi connectivity index (χ3v) is 1.25. The molecule has 0 saturated carbocycles. The van der Waals surface area contributed by atoms with Crippen LogP contribution in [0.5, 0.6) is 0 Å². The van der Waals surface area contributed by atoms with E-state index in [9.17, 15) is 9.59 Å². The average Bonchev–Trinajstić information content (AvgIpc) is 2.01. The van der Waals surface area contributed by atoms with Crippen molar-refractivity contribution < 1.29 is 29.9 Å². The van der Waals surface area contributed by atoms with Crippen LogP contribution in [0.3, 0.4) is 0 Å². The molecular formula is C7H11NO6. The second kappa shape index (κ2) is 5.95. The summed E-state index contributed by atoms with van der Waals surface area (Å²) in [5, 5.41) is 25.0. The van der Waals surface area contributed by atoms with Gasteiger partial charge in [-0.25, -0.2) is 5.26 Å². The smallest absolute Gasteiger partial charge is 0.317 e. The number of nitrogens with zero attached hydrogens (tertiary/aromatic N) is 1. The average molecular weight is 205 g/mol. The lowest BCUT2D eigenvalue weighted by Gasteiger charge is -2.17. The van der Waals surface area contributed by atoms with Crippen molar-refractivity contribution in [2.45, 2.75) is 0 Å². The zero-order valence-corrected chi connectivity index (χ0v) is 7.34. The quantitative estimate of drug-likeness (QED) is 0.291. The van der Waals surface area contributed by atoms with Gasteiger partial charge < -0.3 is 15.1 Å². The van der Waals surface area contributed by atoms with Crippen LogP contribution in [0.1, 0.15) is 0 Å². The summed E-state index contributed by atoms with van der Waals surface area (Å²) < 4.78 is 0. The lowest BCUT2D eigenvalue weighted by atomic mass is 10.4. The van der Waals surface area contributed by atoms with Gasteiger partial charge in [-0.05, 0) is 0 Å².